The van der Waals surface area contributed by atoms with E-state index in [9.17, 15) is 9.90 Å². The van der Waals surface area contributed by atoms with Crippen LogP contribution in [0.2, 0.25) is 0 Å². The van der Waals surface area contributed by atoms with Crippen LogP contribution in [-0.4, -0.2) is 11.0 Å². The van der Waals surface area contributed by atoms with Gasteiger partial charge >= 0.3 is 0 Å². The molecule has 0 radical (unpaired) electrons. The third kappa shape index (κ3) is 2.09. The number of fused-ring (bicyclic) bond motifs is 1. The number of para-hydroxylation sites is 3. The van der Waals surface area contributed by atoms with Gasteiger partial charge in [-0.3, -0.25) is 9.69 Å². The molecule has 1 atom stereocenters. The van der Waals surface area contributed by atoms with E-state index < -0.39 is 5.92 Å². The molecule has 0 bridgehead atoms. The van der Waals surface area contributed by atoms with Crippen molar-refractivity contribution in [3.8, 4) is 5.75 Å². The first-order valence-corrected chi connectivity index (χ1v) is 7.53. The molecule has 1 N–H and O–H groups in total. The topological polar surface area (TPSA) is 40.5 Å². The molecular formula is C20H15NO2. The summed E-state index contributed by atoms with van der Waals surface area (Å²) in [6.45, 7) is 0. The molecule has 0 saturated carbocycles. The fourth-order valence-electron chi connectivity index (χ4n) is 3.19. The maximum atomic E-state index is 13.1. The summed E-state index contributed by atoms with van der Waals surface area (Å²) in [7, 11) is 0. The number of hydrogen-bond donors (Lipinski definition) is 1. The van der Waals surface area contributed by atoms with Gasteiger partial charge in [-0.05, 0) is 29.8 Å². The highest BCUT2D eigenvalue weighted by atomic mass is 16.3. The van der Waals surface area contributed by atoms with Crippen LogP contribution in [-0.2, 0) is 4.79 Å². The molecule has 3 nitrogen and oxygen atoms in total. The second-order valence-electron chi connectivity index (χ2n) is 5.56. The Morgan fingerprint density at radius 3 is 2.09 bits per heavy atom. The highest BCUT2D eigenvalue weighted by Gasteiger charge is 2.39. The van der Waals surface area contributed by atoms with Gasteiger partial charge < -0.3 is 5.11 Å². The van der Waals surface area contributed by atoms with Crippen LogP contribution in [0.1, 0.15) is 17.0 Å². The second kappa shape index (κ2) is 5.29. The van der Waals surface area contributed by atoms with Gasteiger partial charge in [-0.15, -0.1) is 0 Å². The van der Waals surface area contributed by atoms with E-state index in [1.807, 2.05) is 66.7 Å². The highest BCUT2D eigenvalue weighted by Crippen LogP contribution is 2.46. The lowest BCUT2D eigenvalue weighted by Gasteiger charge is -2.18. The standard InChI is InChI=1S/C20H15NO2/c22-18-13-7-5-11-16(18)19-15-10-4-6-12-17(15)21(20(19)23)14-8-2-1-3-9-14/h1-13,19,22H. The molecule has 1 unspecified atom stereocenters. The minimum Gasteiger partial charge on any atom is -0.508 e. The lowest BCUT2D eigenvalue weighted by atomic mass is 9.92. The molecule has 0 spiro atoms. The van der Waals surface area contributed by atoms with Crippen LogP contribution in [0.4, 0.5) is 11.4 Å². The minimum absolute atomic E-state index is 0.0427. The third-order valence-electron chi connectivity index (χ3n) is 4.22. The first-order chi connectivity index (χ1) is 11.3. The van der Waals surface area contributed by atoms with Gasteiger partial charge in [-0.1, -0.05) is 54.6 Å². The van der Waals surface area contributed by atoms with Crippen LogP contribution in [0.3, 0.4) is 0 Å². The Bertz CT molecular complexity index is 874. The van der Waals surface area contributed by atoms with Gasteiger partial charge in [0.15, 0.2) is 0 Å². The van der Waals surface area contributed by atoms with E-state index in [1.165, 1.54) is 0 Å². The fourth-order valence-corrected chi connectivity index (χ4v) is 3.19. The summed E-state index contributed by atoms with van der Waals surface area (Å²) in [6, 6.07) is 24.4. The molecule has 1 aliphatic heterocycles. The summed E-state index contributed by atoms with van der Waals surface area (Å²) in [5.74, 6) is -0.373. The SMILES string of the molecule is O=C1C(c2ccccc2O)c2ccccc2N1c1ccccc1. The van der Waals surface area contributed by atoms with Crippen molar-refractivity contribution in [1.29, 1.82) is 0 Å². The van der Waals surface area contributed by atoms with Crippen molar-refractivity contribution in [2.75, 3.05) is 4.90 Å². The monoisotopic (exact) mass is 301 g/mol. The normalized spacial score (nSPS) is 16.4. The molecule has 0 aliphatic carbocycles. The molecule has 23 heavy (non-hydrogen) atoms. The summed E-state index contributed by atoms with van der Waals surface area (Å²) in [5, 5.41) is 10.2. The maximum absolute atomic E-state index is 13.1. The van der Waals surface area contributed by atoms with Gasteiger partial charge in [0.2, 0.25) is 5.91 Å². The summed E-state index contributed by atoms with van der Waals surface area (Å²) in [6.07, 6.45) is 0. The molecule has 0 fully saturated rings. The molecule has 1 heterocycles. The van der Waals surface area contributed by atoms with Crippen LogP contribution in [0.5, 0.6) is 5.75 Å². The average Bonchev–Trinajstić information content (AvgIpc) is 2.88. The van der Waals surface area contributed by atoms with E-state index in [4.69, 9.17) is 0 Å². The van der Waals surface area contributed by atoms with Gasteiger partial charge in [0, 0.05) is 11.3 Å². The van der Waals surface area contributed by atoms with Crippen LogP contribution >= 0.6 is 0 Å². The summed E-state index contributed by atoms with van der Waals surface area (Å²) >= 11 is 0. The van der Waals surface area contributed by atoms with E-state index in [0.717, 1.165) is 16.9 Å². The van der Waals surface area contributed by atoms with Gasteiger partial charge in [-0.2, -0.15) is 0 Å². The van der Waals surface area contributed by atoms with E-state index in [1.54, 1.807) is 17.0 Å². The number of phenolic OH excluding ortho intramolecular Hbond substituents is 1. The van der Waals surface area contributed by atoms with Crippen molar-refractivity contribution in [3.63, 3.8) is 0 Å². The zero-order chi connectivity index (χ0) is 15.8. The molecule has 3 heteroatoms. The summed E-state index contributed by atoms with van der Waals surface area (Å²) < 4.78 is 0. The molecule has 4 rings (SSSR count). The lowest BCUT2D eigenvalue weighted by molar-refractivity contribution is -0.117. The second-order valence-corrected chi connectivity index (χ2v) is 5.56. The maximum Gasteiger partial charge on any atom is 0.243 e. The molecule has 3 aromatic rings. The predicted molar refractivity (Wildman–Crippen MR) is 90.0 cm³/mol. The van der Waals surface area contributed by atoms with Gasteiger partial charge in [0.1, 0.15) is 5.75 Å². The van der Waals surface area contributed by atoms with Gasteiger partial charge in [0.05, 0.1) is 11.6 Å². The lowest BCUT2D eigenvalue weighted by Crippen LogP contribution is -2.24. The Balaban J connectivity index is 1.91. The van der Waals surface area contributed by atoms with Crippen molar-refractivity contribution in [2.45, 2.75) is 5.92 Å². The zero-order valence-corrected chi connectivity index (χ0v) is 12.4. The molecule has 3 aromatic carbocycles. The van der Waals surface area contributed by atoms with Gasteiger partial charge in [-0.25, -0.2) is 0 Å². The molecular weight excluding hydrogens is 286 g/mol. The van der Waals surface area contributed by atoms with Crippen molar-refractivity contribution < 1.29 is 9.90 Å². The van der Waals surface area contributed by atoms with Crippen molar-refractivity contribution in [1.82, 2.24) is 0 Å². The molecule has 1 amide bonds. The number of carbonyl (C=O) groups excluding carboxylic acids is 1. The zero-order valence-electron chi connectivity index (χ0n) is 12.4. The first kappa shape index (κ1) is 13.6. The van der Waals surface area contributed by atoms with E-state index in [2.05, 4.69) is 0 Å². The van der Waals surface area contributed by atoms with Gasteiger partial charge in [0.25, 0.3) is 0 Å². The number of phenols is 1. The van der Waals surface area contributed by atoms with Crippen LogP contribution in [0, 0.1) is 0 Å². The number of anilines is 2. The van der Waals surface area contributed by atoms with E-state index >= 15 is 0 Å². The van der Waals surface area contributed by atoms with Crippen molar-refractivity contribution in [2.24, 2.45) is 0 Å². The van der Waals surface area contributed by atoms with Crippen molar-refractivity contribution >= 4 is 17.3 Å². The Kier molecular flexibility index (Phi) is 3.12. The number of amides is 1. The molecule has 1 aliphatic rings. The number of hydrogen-bond acceptors (Lipinski definition) is 2. The quantitative estimate of drug-likeness (QED) is 0.770. The Morgan fingerprint density at radius 2 is 1.35 bits per heavy atom. The molecule has 0 saturated heterocycles. The smallest absolute Gasteiger partial charge is 0.243 e. The molecule has 112 valence electrons. The minimum atomic E-state index is -0.479. The number of carbonyl (C=O) groups is 1. The largest absolute Gasteiger partial charge is 0.508 e. The third-order valence-corrected chi connectivity index (χ3v) is 4.22. The van der Waals surface area contributed by atoms with Crippen molar-refractivity contribution in [3.05, 3.63) is 90.0 Å². The highest BCUT2D eigenvalue weighted by molar-refractivity contribution is 6.12. The molecule has 0 aromatic heterocycles. The summed E-state index contributed by atoms with van der Waals surface area (Å²) in [4.78, 5) is 14.9. The van der Waals surface area contributed by atoms with Crippen LogP contribution in [0.15, 0.2) is 78.9 Å². The summed E-state index contributed by atoms with van der Waals surface area (Å²) in [5.41, 5.74) is 3.27. The number of aromatic hydroxyl groups is 1. The van der Waals surface area contributed by atoms with Crippen LogP contribution in [0.25, 0.3) is 0 Å². The van der Waals surface area contributed by atoms with E-state index in [-0.39, 0.29) is 11.7 Å². The first-order valence-electron chi connectivity index (χ1n) is 7.53. The van der Waals surface area contributed by atoms with Crippen LogP contribution < -0.4 is 4.90 Å². The number of rotatable bonds is 2. The van der Waals surface area contributed by atoms with E-state index in [0.29, 0.717) is 5.56 Å². The Morgan fingerprint density at radius 1 is 0.739 bits per heavy atom. The Hall–Kier alpha value is -3.07. The number of benzene rings is 3. The Labute approximate surface area is 134 Å². The number of nitrogens with zero attached hydrogens (tertiary/aromatic N) is 1. The average molecular weight is 301 g/mol. The fraction of sp³-hybridized carbons (Fsp3) is 0.0500. The predicted octanol–water partition coefficient (Wildman–Crippen LogP) is 4.20.